The quantitative estimate of drug-likeness (QED) is 0.810. The average molecular weight is 219 g/mol. The van der Waals surface area contributed by atoms with Crippen molar-refractivity contribution >= 4 is 5.78 Å². The molecule has 1 aliphatic heterocycles. The lowest BCUT2D eigenvalue weighted by atomic mass is 9.91. The van der Waals surface area contributed by atoms with E-state index in [1.165, 1.54) is 0 Å². The number of nitrogens with one attached hydrogen (secondary N) is 1. The molecule has 1 aliphatic rings. The highest BCUT2D eigenvalue weighted by atomic mass is 16.3. The van der Waals surface area contributed by atoms with E-state index >= 15 is 0 Å². The van der Waals surface area contributed by atoms with E-state index in [4.69, 9.17) is 0 Å². The molecular weight excluding hydrogens is 202 g/mol. The van der Waals surface area contributed by atoms with E-state index in [2.05, 4.69) is 5.32 Å². The topological polar surface area (TPSA) is 49.3 Å². The number of phenols is 1. The van der Waals surface area contributed by atoms with E-state index in [1.807, 2.05) is 12.1 Å². The maximum atomic E-state index is 12.0. The molecule has 0 saturated carbocycles. The van der Waals surface area contributed by atoms with Gasteiger partial charge < -0.3 is 10.4 Å². The average Bonchev–Trinajstić information content (AvgIpc) is 2.33. The molecule has 1 heterocycles. The van der Waals surface area contributed by atoms with Crippen molar-refractivity contribution in [2.24, 2.45) is 5.92 Å². The lowest BCUT2D eigenvalue weighted by Crippen LogP contribution is -2.35. The standard InChI is InChI=1S/C13H17NO2/c15-12-6-2-1-4-10(12)8-13(16)11-5-3-7-14-9-11/h1-2,4,6,11,14-15H,3,5,7-9H2. The van der Waals surface area contributed by atoms with Crippen LogP contribution < -0.4 is 5.32 Å². The van der Waals surface area contributed by atoms with Crippen LogP contribution in [0.5, 0.6) is 5.75 Å². The van der Waals surface area contributed by atoms with Gasteiger partial charge in [-0.2, -0.15) is 0 Å². The zero-order chi connectivity index (χ0) is 11.4. The number of aromatic hydroxyl groups is 1. The van der Waals surface area contributed by atoms with Gasteiger partial charge in [-0.3, -0.25) is 4.79 Å². The van der Waals surface area contributed by atoms with Crippen molar-refractivity contribution in [2.45, 2.75) is 19.3 Å². The van der Waals surface area contributed by atoms with Crippen LogP contribution in [0.4, 0.5) is 0 Å². The van der Waals surface area contributed by atoms with Crippen LogP contribution in [-0.4, -0.2) is 24.0 Å². The highest BCUT2D eigenvalue weighted by molar-refractivity contribution is 5.84. The van der Waals surface area contributed by atoms with Crippen LogP contribution in [-0.2, 0) is 11.2 Å². The first kappa shape index (κ1) is 11.1. The van der Waals surface area contributed by atoms with Gasteiger partial charge in [0.1, 0.15) is 11.5 Å². The van der Waals surface area contributed by atoms with Crippen molar-refractivity contribution in [1.29, 1.82) is 0 Å². The van der Waals surface area contributed by atoms with Gasteiger partial charge in [0.25, 0.3) is 0 Å². The number of benzene rings is 1. The van der Waals surface area contributed by atoms with Crippen LogP contribution in [0.1, 0.15) is 18.4 Å². The maximum Gasteiger partial charge on any atom is 0.141 e. The van der Waals surface area contributed by atoms with Gasteiger partial charge in [0.2, 0.25) is 0 Å². The predicted octanol–water partition coefficient (Wildman–Crippen LogP) is 1.50. The summed E-state index contributed by atoms with van der Waals surface area (Å²) in [7, 11) is 0. The third kappa shape index (κ3) is 2.61. The van der Waals surface area contributed by atoms with E-state index < -0.39 is 0 Å². The van der Waals surface area contributed by atoms with Gasteiger partial charge in [0.05, 0.1) is 0 Å². The Hall–Kier alpha value is -1.35. The molecule has 0 aliphatic carbocycles. The van der Waals surface area contributed by atoms with E-state index in [1.54, 1.807) is 12.1 Å². The molecule has 1 aromatic carbocycles. The molecule has 0 aromatic heterocycles. The molecule has 1 saturated heterocycles. The van der Waals surface area contributed by atoms with Crippen LogP contribution >= 0.6 is 0 Å². The third-order valence-corrected chi connectivity index (χ3v) is 3.11. The van der Waals surface area contributed by atoms with Crippen molar-refractivity contribution in [3.63, 3.8) is 0 Å². The number of hydrogen-bond acceptors (Lipinski definition) is 3. The monoisotopic (exact) mass is 219 g/mol. The number of hydrogen-bond donors (Lipinski definition) is 2. The molecule has 3 nitrogen and oxygen atoms in total. The second kappa shape index (κ2) is 5.12. The van der Waals surface area contributed by atoms with E-state index in [0.29, 0.717) is 6.42 Å². The van der Waals surface area contributed by atoms with Crippen molar-refractivity contribution in [2.75, 3.05) is 13.1 Å². The lowest BCUT2D eigenvalue weighted by molar-refractivity contribution is -0.122. The summed E-state index contributed by atoms with van der Waals surface area (Å²) in [5.74, 6) is 0.571. The normalized spacial score (nSPS) is 20.6. The van der Waals surface area contributed by atoms with Gasteiger partial charge in [-0.15, -0.1) is 0 Å². The number of rotatable bonds is 3. The Morgan fingerprint density at radius 3 is 2.94 bits per heavy atom. The van der Waals surface area contributed by atoms with Crippen molar-refractivity contribution in [3.05, 3.63) is 29.8 Å². The molecule has 0 bridgehead atoms. The Kier molecular flexibility index (Phi) is 3.57. The summed E-state index contributed by atoms with van der Waals surface area (Å²) in [6.45, 7) is 1.80. The number of carbonyl (C=O) groups is 1. The Bertz CT molecular complexity index is 370. The number of phenolic OH excluding ortho intramolecular Hbond substituents is 1. The minimum Gasteiger partial charge on any atom is -0.508 e. The summed E-state index contributed by atoms with van der Waals surface area (Å²) in [4.78, 5) is 12.0. The fraction of sp³-hybridized carbons (Fsp3) is 0.462. The van der Waals surface area contributed by atoms with E-state index in [-0.39, 0.29) is 17.5 Å². The summed E-state index contributed by atoms with van der Waals surface area (Å²) < 4.78 is 0. The molecule has 2 N–H and O–H groups in total. The first-order chi connectivity index (χ1) is 7.77. The van der Waals surface area contributed by atoms with Gasteiger partial charge in [0.15, 0.2) is 0 Å². The zero-order valence-electron chi connectivity index (χ0n) is 9.28. The minimum atomic E-state index is 0.119. The molecule has 1 aromatic rings. The van der Waals surface area contributed by atoms with Gasteiger partial charge in [-0.1, -0.05) is 18.2 Å². The largest absolute Gasteiger partial charge is 0.508 e. The fourth-order valence-electron chi connectivity index (χ4n) is 2.12. The number of piperidine rings is 1. The molecule has 0 spiro atoms. The van der Waals surface area contributed by atoms with Crippen LogP contribution in [0.3, 0.4) is 0 Å². The number of carbonyl (C=O) groups excluding carboxylic acids is 1. The highest BCUT2D eigenvalue weighted by Crippen LogP contribution is 2.20. The molecule has 16 heavy (non-hydrogen) atoms. The molecule has 0 radical (unpaired) electrons. The van der Waals surface area contributed by atoms with Crippen molar-refractivity contribution in [1.82, 2.24) is 5.32 Å². The highest BCUT2D eigenvalue weighted by Gasteiger charge is 2.21. The molecule has 1 fully saturated rings. The van der Waals surface area contributed by atoms with Crippen LogP contribution in [0, 0.1) is 5.92 Å². The third-order valence-electron chi connectivity index (χ3n) is 3.11. The SMILES string of the molecule is O=C(Cc1ccccc1O)C1CCCNC1. The Morgan fingerprint density at radius 1 is 1.44 bits per heavy atom. The smallest absolute Gasteiger partial charge is 0.141 e. The summed E-state index contributed by atoms with van der Waals surface area (Å²) in [5, 5.41) is 12.8. The second-order valence-corrected chi connectivity index (χ2v) is 4.32. The van der Waals surface area contributed by atoms with Gasteiger partial charge in [-0.05, 0) is 25.5 Å². The number of ketones is 1. The zero-order valence-corrected chi connectivity index (χ0v) is 9.28. The molecule has 1 unspecified atom stereocenters. The summed E-state index contributed by atoms with van der Waals surface area (Å²) >= 11 is 0. The Balaban J connectivity index is 1.99. The van der Waals surface area contributed by atoms with Crippen molar-refractivity contribution in [3.8, 4) is 5.75 Å². The van der Waals surface area contributed by atoms with Crippen LogP contribution in [0.2, 0.25) is 0 Å². The van der Waals surface area contributed by atoms with Crippen LogP contribution in [0.25, 0.3) is 0 Å². The van der Waals surface area contributed by atoms with Crippen molar-refractivity contribution < 1.29 is 9.90 Å². The number of para-hydroxylation sites is 1. The molecule has 1 atom stereocenters. The van der Waals surface area contributed by atoms with Crippen LogP contribution in [0.15, 0.2) is 24.3 Å². The summed E-state index contributed by atoms with van der Waals surface area (Å²) in [5.41, 5.74) is 0.734. The molecule has 3 heteroatoms. The first-order valence-corrected chi connectivity index (χ1v) is 5.77. The summed E-state index contributed by atoms with van der Waals surface area (Å²) in [6, 6.07) is 7.05. The second-order valence-electron chi connectivity index (χ2n) is 4.32. The number of Topliss-reactive ketones (excluding diaryl/α,β-unsaturated/α-hetero) is 1. The molecule has 2 rings (SSSR count). The predicted molar refractivity (Wildman–Crippen MR) is 62.4 cm³/mol. The Morgan fingerprint density at radius 2 is 2.25 bits per heavy atom. The molecule has 0 amide bonds. The molecule has 86 valence electrons. The van der Waals surface area contributed by atoms with Gasteiger partial charge in [-0.25, -0.2) is 0 Å². The first-order valence-electron chi connectivity index (χ1n) is 5.77. The van der Waals surface area contributed by atoms with E-state index in [9.17, 15) is 9.90 Å². The van der Waals surface area contributed by atoms with Gasteiger partial charge >= 0.3 is 0 Å². The lowest BCUT2D eigenvalue weighted by Gasteiger charge is -2.21. The van der Waals surface area contributed by atoms with E-state index in [0.717, 1.165) is 31.5 Å². The minimum absolute atomic E-state index is 0.119. The Labute approximate surface area is 95.5 Å². The maximum absolute atomic E-state index is 12.0. The fourth-order valence-corrected chi connectivity index (χ4v) is 2.12. The molecular formula is C13H17NO2. The summed E-state index contributed by atoms with van der Waals surface area (Å²) in [6.07, 6.45) is 2.38. The van der Waals surface area contributed by atoms with Gasteiger partial charge in [0, 0.05) is 24.4 Å².